The number of hydrogen-bond donors (Lipinski definition) is 0. The Morgan fingerprint density at radius 2 is 1.96 bits per heavy atom. The number of aryl methyl sites for hydroxylation is 2. The lowest BCUT2D eigenvalue weighted by Crippen LogP contribution is -2.03. The van der Waals surface area contributed by atoms with Gasteiger partial charge in [-0.15, -0.1) is 0 Å². The van der Waals surface area contributed by atoms with Gasteiger partial charge in [-0.2, -0.15) is 0 Å². The number of pyridine rings is 1. The van der Waals surface area contributed by atoms with E-state index in [1.807, 2.05) is 18.3 Å². The maximum absolute atomic E-state index is 4.53. The van der Waals surface area contributed by atoms with Crippen molar-refractivity contribution in [2.75, 3.05) is 0 Å². The van der Waals surface area contributed by atoms with Crippen LogP contribution in [0.1, 0.15) is 29.4 Å². The highest BCUT2D eigenvalue weighted by molar-refractivity contribution is 5.84. The van der Waals surface area contributed by atoms with E-state index in [1.54, 1.807) is 12.4 Å². The number of aliphatic imine (C=N–C) groups is 1. The molecule has 0 atom stereocenters. The lowest BCUT2D eigenvalue weighted by molar-refractivity contribution is 0.937. The molecule has 116 valence electrons. The predicted molar refractivity (Wildman–Crippen MR) is 96.1 cm³/mol. The zero-order chi connectivity index (χ0) is 16.2. The van der Waals surface area contributed by atoms with Gasteiger partial charge in [0.05, 0.1) is 11.9 Å². The van der Waals surface area contributed by atoms with Crippen molar-refractivity contribution < 1.29 is 0 Å². The molecule has 0 radical (unpaired) electrons. The molecular formula is C20H21N3. The van der Waals surface area contributed by atoms with Crippen LogP contribution in [0.25, 0.3) is 5.69 Å². The number of aromatic nitrogens is 2. The van der Waals surface area contributed by atoms with Gasteiger partial charge in [-0.05, 0) is 50.1 Å². The van der Waals surface area contributed by atoms with Gasteiger partial charge < -0.3 is 4.57 Å². The maximum Gasteiger partial charge on any atom is 0.0813 e. The molecule has 3 aromatic rings. The first-order valence-electron chi connectivity index (χ1n) is 7.92. The Morgan fingerprint density at radius 1 is 1.13 bits per heavy atom. The van der Waals surface area contributed by atoms with Gasteiger partial charge in [-0.1, -0.05) is 25.1 Å². The molecular weight excluding hydrogens is 282 g/mol. The predicted octanol–water partition coefficient (Wildman–Crippen LogP) is 4.80. The first-order chi connectivity index (χ1) is 11.2. The lowest BCUT2D eigenvalue weighted by atomic mass is 10.1. The van der Waals surface area contributed by atoms with E-state index < -0.39 is 0 Å². The van der Waals surface area contributed by atoms with Crippen LogP contribution in [0.4, 0.5) is 5.69 Å². The molecule has 3 heteroatoms. The van der Waals surface area contributed by atoms with Gasteiger partial charge in [0.25, 0.3) is 0 Å². The third-order valence-corrected chi connectivity index (χ3v) is 4.08. The van der Waals surface area contributed by atoms with Crippen LogP contribution in [-0.2, 0) is 6.42 Å². The third kappa shape index (κ3) is 3.09. The maximum atomic E-state index is 4.53. The number of hydrogen-bond acceptors (Lipinski definition) is 2. The third-order valence-electron chi connectivity index (χ3n) is 4.08. The van der Waals surface area contributed by atoms with Crippen molar-refractivity contribution in [2.45, 2.75) is 27.2 Å². The summed E-state index contributed by atoms with van der Waals surface area (Å²) >= 11 is 0. The standard InChI is InChI=1S/C20H21N3/c1-4-17-8-5-6-10-20(17)23-15(2)12-18(16(23)3)13-22-19-9-7-11-21-14-19/h5-14H,4H2,1-3H3. The fraction of sp³-hybridized carbons (Fsp3) is 0.200. The van der Waals surface area contributed by atoms with E-state index in [4.69, 9.17) is 0 Å². The van der Waals surface area contributed by atoms with Crippen LogP contribution in [0.5, 0.6) is 0 Å². The van der Waals surface area contributed by atoms with Crippen LogP contribution in [0.2, 0.25) is 0 Å². The van der Waals surface area contributed by atoms with E-state index in [0.29, 0.717) is 0 Å². The van der Waals surface area contributed by atoms with Crippen molar-refractivity contribution in [3.63, 3.8) is 0 Å². The zero-order valence-electron chi connectivity index (χ0n) is 13.8. The minimum absolute atomic E-state index is 0.867. The second-order valence-electron chi connectivity index (χ2n) is 5.61. The fourth-order valence-electron chi connectivity index (χ4n) is 2.89. The summed E-state index contributed by atoms with van der Waals surface area (Å²) in [4.78, 5) is 8.62. The molecule has 0 unspecified atom stereocenters. The molecule has 0 bridgehead atoms. The second-order valence-corrected chi connectivity index (χ2v) is 5.61. The molecule has 0 saturated carbocycles. The molecule has 3 nitrogen and oxygen atoms in total. The Bertz CT molecular complexity index is 829. The van der Waals surface area contributed by atoms with Crippen LogP contribution >= 0.6 is 0 Å². The van der Waals surface area contributed by atoms with Gasteiger partial charge in [0.2, 0.25) is 0 Å². The summed E-state index contributed by atoms with van der Waals surface area (Å²) in [6, 6.07) is 14.6. The average Bonchev–Trinajstić information content (AvgIpc) is 2.87. The van der Waals surface area contributed by atoms with E-state index in [1.165, 1.54) is 22.6 Å². The molecule has 2 aromatic heterocycles. The minimum atomic E-state index is 0.867. The van der Waals surface area contributed by atoms with Crippen LogP contribution in [0, 0.1) is 13.8 Å². The van der Waals surface area contributed by atoms with E-state index in [-0.39, 0.29) is 0 Å². The van der Waals surface area contributed by atoms with Gasteiger partial charge in [0, 0.05) is 35.1 Å². The molecule has 0 aliphatic rings. The highest BCUT2D eigenvalue weighted by atomic mass is 15.0. The second kappa shape index (κ2) is 6.61. The zero-order valence-corrected chi connectivity index (χ0v) is 13.8. The van der Waals surface area contributed by atoms with Crippen molar-refractivity contribution >= 4 is 11.9 Å². The summed E-state index contributed by atoms with van der Waals surface area (Å²) in [5.41, 5.74) is 7.03. The molecule has 1 aromatic carbocycles. The van der Waals surface area contributed by atoms with Crippen LogP contribution in [0.3, 0.4) is 0 Å². The summed E-state index contributed by atoms with van der Waals surface area (Å²) in [5, 5.41) is 0. The summed E-state index contributed by atoms with van der Waals surface area (Å²) in [6.45, 7) is 6.47. The molecule has 0 N–H and O–H groups in total. The largest absolute Gasteiger partial charge is 0.318 e. The van der Waals surface area contributed by atoms with E-state index >= 15 is 0 Å². The number of rotatable bonds is 4. The van der Waals surface area contributed by atoms with Crippen molar-refractivity contribution in [3.05, 3.63) is 77.4 Å². The highest BCUT2D eigenvalue weighted by Crippen LogP contribution is 2.23. The normalized spacial score (nSPS) is 11.3. The summed E-state index contributed by atoms with van der Waals surface area (Å²) in [7, 11) is 0. The van der Waals surface area contributed by atoms with Crippen LogP contribution < -0.4 is 0 Å². The summed E-state index contributed by atoms with van der Waals surface area (Å²) < 4.78 is 2.31. The molecule has 0 amide bonds. The topological polar surface area (TPSA) is 30.2 Å². The summed E-state index contributed by atoms with van der Waals surface area (Å²) in [5.74, 6) is 0. The average molecular weight is 303 g/mol. The number of para-hydroxylation sites is 1. The van der Waals surface area contributed by atoms with Crippen LogP contribution in [-0.4, -0.2) is 15.8 Å². The minimum Gasteiger partial charge on any atom is -0.318 e. The van der Waals surface area contributed by atoms with Gasteiger partial charge in [0.1, 0.15) is 0 Å². The summed E-state index contributed by atoms with van der Waals surface area (Å²) in [6.07, 6.45) is 6.46. The Balaban J connectivity index is 2.02. The Morgan fingerprint density at radius 3 is 2.70 bits per heavy atom. The van der Waals surface area contributed by atoms with Gasteiger partial charge in [0.15, 0.2) is 0 Å². The first kappa shape index (κ1) is 15.2. The number of benzene rings is 1. The lowest BCUT2D eigenvalue weighted by Gasteiger charge is -2.13. The molecule has 0 fully saturated rings. The smallest absolute Gasteiger partial charge is 0.0813 e. The Labute approximate surface area is 137 Å². The van der Waals surface area contributed by atoms with E-state index in [2.05, 4.69) is 65.6 Å². The van der Waals surface area contributed by atoms with E-state index in [0.717, 1.165) is 17.7 Å². The van der Waals surface area contributed by atoms with E-state index in [9.17, 15) is 0 Å². The molecule has 0 spiro atoms. The first-order valence-corrected chi connectivity index (χ1v) is 7.92. The SMILES string of the molecule is CCc1ccccc1-n1c(C)cc(C=Nc2cccnc2)c1C. The quantitative estimate of drug-likeness (QED) is 0.637. The van der Waals surface area contributed by atoms with Crippen LogP contribution in [0.15, 0.2) is 59.9 Å². The highest BCUT2D eigenvalue weighted by Gasteiger charge is 2.11. The molecule has 0 aliphatic heterocycles. The van der Waals surface area contributed by atoms with Gasteiger partial charge >= 0.3 is 0 Å². The molecule has 0 saturated heterocycles. The molecule has 2 heterocycles. The van der Waals surface area contributed by atoms with Crippen molar-refractivity contribution in [3.8, 4) is 5.69 Å². The number of nitrogens with zero attached hydrogens (tertiary/aromatic N) is 3. The van der Waals surface area contributed by atoms with Crippen molar-refractivity contribution in [2.24, 2.45) is 4.99 Å². The Hall–Kier alpha value is -2.68. The van der Waals surface area contributed by atoms with Crippen molar-refractivity contribution in [1.29, 1.82) is 0 Å². The van der Waals surface area contributed by atoms with Gasteiger partial charge in [-0.3, -0.25) is 9.98 Å². The monoisotopic (exact) mass is 303 g/mol. The Kier molecular flexibility index (Phi) is 4.38. The molecule has 23 heavy (non-hydrogen) atoms. The molecule has 3 rings (SSSR count). The molecule has 0 aliphatic carbocycles. The van der Waals surface area contributed by atoms with Crippen molar-refractivity contribution in [1.82, 2.24) is 9.55 Å². The fourth-order valence-corrected chi connectivity index (χ4v) is 2.89. The van der Waals surface area contributed by atoms with Gasteiger partial charge in [-0.25, -0.2) is 0 Å².